The van der Waals surface area contributed by atoms with Gasteiger partial charge in [0.25, 0.3) is 5.56 Å². The third kappa shape index (κ3) is 2.98. The molecule has 2 aromatic rings. The molecule has 0 aliphatic carbocycles. The van der Waals surface area contributed by atoms with Gasteiger partial charge in [0.2, 0.25) is 0 Å². The maximum absolute atomic E-state index is 11.5. The number of aromatic amines is 1. The molecule has 0 aliphatic heterocycles. The summed E-state index contributed by atoms with van der Waals surface area (Å²) in [7, 11) is 1.56. The van der Waals surface area contributed by atoms with Gasteiger partial charge in [-0.15, -0.1) is 0 Å². The van der Waals surface area contributed by atoms with E-state index in [-0.39, 0.29) is 5.56 Å². The van der Waals surface area contributed by atoms with Gasteiger partial charge in [-0.1, -0.05) is 0 Å². The SMILES string of the molecule is COCc1cc(=O)[nH]c(-c2cncc(Br)c2)n1. The van der Waals surface area contributed by atoms with Crippen LogP contribution in [0.4, 0.5) is 0 Å². The number of methoxy groups -OCH3 is 1. The smallest absolute Gasteiger partial charge is 0.251 e. The van der Waals surface area contributed by atoms with Crippen LogP contribution in [0.2, 0.25) is 0 Å². The Morgan fingerprint density at radius 2 is 2.24 bits per heavy atom. The average molecular weight is 296 g/mol. The van der Waals surface area contributed by atoms with Crippen LogP contribution in [0.5, 0.6) is 0 Å². The fourth-order valence-corrected chi connectivity index (χ4v) is 1.77. The van der Waals surface area contributed by atoms with Crippen LogP contribution in [-0.4, -0.2) is 22.1 Å². The van der Waals surface area contributed by atoms with Crippen molar-refractivity contribution in [3.05, 3.63) is 45.0 Å². The van der Waals surface area contributed by atoms with Crippen molar-refractivity contribution in [2.45, 2.75) is 6.61 Å². The number of H-pyrrole nitrogens is 1. The Morgan fingerprint density at radius 1 is 1.41 bits per heavy atom. The molecule has 0 spiro atoms. The van der Waals surface area contributed by atoms with E-state index in [1.54, 1.807) is 19.5 Å². The lowest BCUT2D eigenvalue weighted by atomic mass is 10.2. The molecule has 0 amide bonds. The van der Waals surface area contributed by atoms with E-state index in [0.717, 1.165) is 10.0 Å². The lowest BCUT2D eigenvalue weighted by Gasteiger charge is -2.03. The second-order valence-corrected chi connectivity index (χ2v) is 4.33. The van der Waals surface area contributed by atoms with Crippen LogP contribution >= 0.6 is 15.9 Å². The van der Waals surface area contributed by atoms with Gasteiger partial charge in [-0.2, -0.15) is 0 Å². The molecule has 0 saturated heterocycles. The van der Waals surface area contributed by atoms with Crippen molar-refractivity contribution in [2.75, 3.05) is 7.11 Å². The van der Waals surface area contributed by atoms with Gasteiger partial charge in [-0.05, 0) is 22.0 Å². The van der Waals surface area contributed by atoms with Crippen molar-refractivity contribution in [1.29, 1.82) is 0 Å². The first-order valence-electron chi connectivity index (χ1n) is 4.89. The van der Waals surface area contributed by atoms with Gasteiger partial charge in [0, 0.05) is 35.6 Å². The molecule has 0 aliphatic rings. The number of hydrogen-bond donors (Lipinski definition) is 1. The molecular formula is C11H10BrN3O2. The Morgan fingerprint density at radius 3 is 2.94 bits per heavy atom. The van der Waals surface area contributed by atoms with Crippen LogP contribution in [0.3, 0.4) is 0 Å². The van der Waals surface area contributed by atoms with E-state index >= 15 is 0 Å². The fourth-order valence-electron chi connectivity index (χ4n) is 1.41. The Kier molecular flexibility index (Phi) is 3.65. The van der Waals surface area contributed by atoms with E-state index in [2.05, 4.69) is 30.9 Å². The van der Waals surface area contributed by atoms with Gasteiger partial charge in [0.05, 0.1) is 12.3 Å². The van der Waals surface area contributed by atoms with E-state index in [4.69, 9.17) is 4.74 Å². The first kappa shape index (κ1) is 11.9. The van der Waals surface area contributed by atoms with Crippen molar-refractivity contribution in [1.82, 2.24) is 15.0 Å². The number of hydrogen-bond acceptors (Lipinski definition) is 4. The molecule has 0 aromatic carbocycles. The molecule has 2 rings (SSSR count). The highest BCUT2D eigenvalue weighted by atomic mass is 79.9. The molecule has 0 saturated carbocycles. The van der Waals surface area contributed by atoms with Crippen molar-refractivity contribution in [2.24, 2.45) is 0 Å². The van der Waals surface area contributed by atoms with Gasteiger partial charge in [-0.3, -0.25) is 9.78 Å². The summed E-state index contributed by atoms with van der Waals surface area (Å²) in [5, 5.41) is 0. The van der Waals surface area contributed by atoms with Gasteiger partial charge in [0.15, 0.2) is 0 Å². The first-order valence-corrected chi connectivity index (χ1v) is 5.68. The molecule has 1 N–H and O–H groups in total. The highest BCUT2D eigenvalue weighted by Crippen LogP contribution is 2.17. The monoisotopic (exact) mass is 295 g/mol. The Hall–Kier alpha value is -1.53. The predicted molar refractivity (Wildman–Crippen MR) is 66.5 cm³/mol. The zero-order valence-electron chi connectivity index (χ0n) is 9.11. The van der Waals surface area contributed by atoms with Crippen molar-refractivity contribution in [3.8, 4) is 11.4 Å². The molecule has 2 heterocycles. The number of ether oxygens (including phenoxy) is 1. The third-order valence-electron chi connectivity index (χ3n) is 2.07. The number of nitrogens with one attached hydrogen (secondary N) is 1. The quantitative estimate of drug-likeness (QED) is 0.936. The number of nitrogens with zero attached hydrogens (tertiary/aromatic N) is 2. The van der Waals surface area contributed by atoms with E-state index in [9.17, 15) is 4.79 Å². The normalized spacial score (nSPS) is 10.5. The minimum atomic E-state index is -0.206. The molecule has 0 unspecified atom stereocenters. The molecule has 0 atom stereocenters. The summed E-state index contributed by atoms with van der Waals surface area (Å²) >= 11 is 3.32. The van der Waals surface area contributed by atoms with Crippen LogP contribution in [0, 0.1) is 0 Å². The summed E-state index contributed by atoms with van der Waals surface area (Å²) in [6.07, 6.45) is 3.31. The lowest BCUT2D eigenvalue weighted by Crippen LogP contribution is -2.10. The van der Waals surface area contributed by atoms with Crippen LogP contribution in [0.1, 0.15) is 5.69 Å². The molecule has 88 valence electrons. The minimum absolute atomic E-state index is 0.206. The highest BCUT2D eigenvalue weighted by Gasteiger charge is 2.04. The zero-order valence-corrected chi connectivity index (χ0v) is 10.7. The van der Waals surface area contributed by atoms with Crippen LogP contribution in [-0.2, 0) is 11.3 Å². The number of pyridine rings is 1. The largest absolute Gasteiger partial charge is 0.378 e. The van der Waals surface area contributed by atoms with Gasteiger partial charge < -0.3 is 9.72 Å². The van der Waals surface area contributed by atoms with Crippen molar-refractivity contribution in [3.63, 3.8) is 0 Å². The summed E-state index contributed by atoms with van der Waals surface area (Å²) in [4.78, 5) is 22.4. The second kappa shape index (κ2) is 5.20. The molecule has 6 heteroatoms. The van der Waals surface area contributed by atoms with E-state index in [1.165, 1.54) is 6.07 Å². The number of rotatable bonds is 3. The van der Waals surface area contributed by atoms with Crippen LogP contribution < -0.4 is 5.56 Å². The molecule has 5 nitrogen and oxygen atoms in total. The number of halogens is 1. The van der Waals surface area contributed by atoms with E-state index in [0.29, 0.717) is 18.1 Å². The third-order valence-corrected chi connectivity index (χ3v) is 2.50. The van der Waals surface area contributed by atoms with Gasteiger partial charge >= 0.3 is 0 Å². The van der Waals surface area contributed by atoms with Gasteiger partial charge in [0.1, 0.15) is 5.82 Å². The Bertz CT molecular complexity index is 583. The average Bonchev–Trinajstić information content (AvgIpc) is 2.28. The zero-order chi connectivity index (χ0) is 12.3. The summed E-state index contributed by atoms with van der Waals surface area (Å²) in [6, 6.07) is 3.25. The second-order valence-electron chi connectivity index (χ2n) is 3.41. The predicted octanol–water partition coefficient (Wildman–Crippen LogP) is 1.74. The maximum atomic E-state index is 11.5. The molecule has 0 fully saturated rings. The topological polar surface area (TPSA) is 67.9 Å². The Labute approximate surface area is 106 Å². The summed E-state index contributed by atoms with van der Waals surface area (Å²) in [5.74, 6) is 0.485. The summed E-state index contributed by atoms with van der Waals surface area (Å²) in [6.45, 7) is 0.304. The minimum Gasteiger partial charge on any atom is -0.378 e. The van der Waals surface area contributed by atoms with Crippen LogP contribution in [0.25, 0.3) is 11.4 Å². The van der Waals surface area contributed by atoms with Gasteiger partial charge in [-0.25, -0.2) is 4.98 Å². The molecule has 17 heavy (non-hydrogen) atoms. The summed E-state index contributed by atoms with van der Waals surface area (Å²) < 4.78 is 5.79. The fraction of sp³-hybridized carbons (Fsp3) is 0.182. The van der Waals surface area contributed by atoms with Crippen LogP contribution in [0.15, 0.2) is 33.8 Å². The maximum Gasteiger partial charge on any atom is 0.251 e. The van der Waals surface area contributed by atoms with Crippen molar-refractivity contribution >= 4 is 15.9 Å². The highest BCUT2D eigenvalue weighted by molar-refractivity contribution is 9.10. The standard InChI is InChI=1S/C11H10BrN3O2/c1-17-6-9-3-10(16)15-11(14-9)7-2-8(12)5-13-4-7/h2-5H,6H2,1H3,(H,14,15,16). The molecule has 0 radical (unpaired) electrons. The van der Waals surface area contributed by atoms with E-state index in [1.807, 2.05) is 6.07 Å². The number of aromatic nitrogens is 3. The summed E-state index contributed by atoms with van der Waals surface area (Å²) in [5.41, 5.74) is 1.13. The lowest BCUT2D eigenvalue weighted by molar-refractivity contribution is 0.181. The van der Waals surface area contributed by atoms with E-state index < -0.39 is 0 Å². The first-order chi connectivity index (χ1) is 8.19. The van der Waals surface area contributed by atoms with Crippen molar-refractivity contribution < 1.29 is 4.74 Å². The molecule has 2 aromatic heterocycles. The molecule has 0 bridgehead atoms. The molecular weight excluding hydrogens is 286 g/mol. The Balaban J connectivity index is 2.48.